The van der Waals surface area contributed by atoms with E-state index in [0.717, 1.165) is 33.4 Å². The Morgan fingerprint density at radius 1 is 0.447 bits per heavy atom. The topological polar surface area (TPSA) is 76.1 Å². The highest BCUT2D eigenvalue weighted by molar-refractivity contribution is 5.97. The van der Waals surface area contributed by atoms with Crippen LogP contribution >= 0.6 is 0 Å². The van der Waals surface area contributed by atoms with Crippen LogP contribution in [0.15, 0.2) is 121 Å². The molecule has 6 nitrogen and oxygen atoms in total. The Balaban J connectivity index is 1.59. The van der Waals surface area contributed by atoms with Gasteiger partial charge in [0.25, 0.3) is 0 Å². The summed E-state index contributed by atoms with van der Waals surface area (Å²) >= 11 is 0. The number of hydrogen-bond donors (Lipinski definition) is 2. The highest BCUT2D eigenvalue weighted by atomic mass is 16.3. The van der Waals surface area contributed by atoms with E-state index < -0.39 is 0 Å². The van der Waals surface area contributed by atoms with Crippen LogP contribution in [0, 0.1) is 0 Å². The lowest BCUT2D eigenvalue weighted by Gasteiger charge is -2.12. The molecule has 2 N–H and O–H groups in total. The van der Waals surface area contributed by atoms with Crippen molar-refractivity contribution in [3.05, 3.63) is 121 Å². The fourth-order valence-electron chi connectivity index (χ4n) is 5.01. The molecule has 0 bridgehead atoms. The molecule has 0 amide bonds. The maximum atomic E-state index is 10.7. The van der Waals surface area contributed by atoms with Gasteiger partial charge >= 0.3 is 0 Å². The third-order valence-corrected chi connectivity index (χ3v) is 6.75. The first-order chi connectivity index (χ1) is 18.7. The van der Waals surface area contributed by atoms with E-state index in [9.17, 15) is 10.2 Å². The Bertz CT molecular complexity index is 1800. The Labute approximate surface area is 218 Å². The van der Waals surface area contributed by atoms with Crippen molar-refractivity contribution in [1.82, 2.24) is 19.1 Å². The summed E-state index contributed by atoms with van der Waals surface area (Å²) in [7, 11) is 0. The third-order valence-electron chi connectivity index (χ3n) is 6.75. The molecule has 7 aromatic rings. The average Bonchev–Trinajstić information content (AvgIpc) is 3.51. The largest absolute Gasteiger partial charge is 0.507 e. The molecular formula is C32H22N4O2. The molecule has 0 unspecified atom stereocenters. The first-order valence-corrected chi connectivity index (χ1v) is 12.3. The predicted molar refractivity (Wildman–Crippen MR) is 150 cm³/mol. The molecule has 0 radical (unpaired) electrons. The van der Waals surface area contributed by atoms with Crippen LogP contribution < -0.4 is 0 Å². The molecule has 2 aromatic heterocycles. The van der Waals surface area contributed by atoms with Gasteiger partial charge in [0, 0.05) is 11.4 Å². The molecule has 7 rings (SSSR count). The second kappa shape index (κ2) is 8.64. The molecule has 6 heteroatoms. The Kier molecular flexibility index (Phi) is 4.97. The quantitative estimate of drug-likeness (QED) is 0.273. The number of phenolic OH excluding ortho intramolecular Hbond substituents is 2. The summed E-state index contributed by atoms with van der Waals surface area (Å²) in [4.78, 5) is 9.95. The number of imidazole rings is 2. The van der Waals surface area contributed by atoms with E-state index in [1.54, 1.807) is 24.3 Å². The zero-order valence-corrected chi connectivity index (χ0v) is 20.2. The summed E-state index contributed by atoms with van der Waals surface area (Å²) < 4.78 is 4.12. The lowest BCUT2D eigenvalue weighted by atomic mass is 10.2. The zero-order chi connectivity index (χ0) is 25.6. The van der Waals surface area contributed by atoms with Crippen LogP contribution in [-0.2, 0) is 0 Å². The molecule has 0 aliphatic rings. The van der Waals surface area contributed by atoms with E-state index in [1.165, 1.54) is 0 Å². The number of phenols is 2. The molecule has 0 saturated heterocycles. The second-order valence-corrected chi connectivity index (χ2v) is 9.08. The minimum atomic E-state index is 0.165. The van der Waals surface area contributed by atoms with Gasteiger partial charge in [0.1, 0.15) is 23.1 Å². The van der Waals surface area contributed by atoms with Crippen molar-refractivity contribution in [3.63, 3.8) is 0 Å². The van der Waals surface area contributed by atoms with Gasteiger partial charge in [-0.15, -0.1) is 0 Å². The number of fused-ring (bicyclic) bond motifs is 2. The Morgan fingerprint density at radius 2 is 0.842 bits per heavy atom. The highest BCUT2D eigenvalue weighted by Gasteiger charge is 2.22. The predicted octanol–water partition coefficient (Wildman–Crippen LogP) is 7.11. The Hall–Kier alpha value is -5.36. The van der Waals surface area contributed by atoms with E-state index in [4.69, 9.17) is 9.97 Å². The first-order valence-electron chi connectivity index (χ1n) is 12.3. The summed E-state index contributed by atoms with van der Waals surface area (Å²) in [6.07, 6.45) is 0. The summed E-state index contributed by atoms with van der Waals surface area (Å²) in [5.74, 6) is 1.62. The van der Waals surface area contributed by atoms with Crippen LogP contribution in [0.2, 0.25) is 0 Å². The lowest BCUT2D eigenvalue weighted by molar-refractivity contribution is 0.476. The number of hydrogen-bond acceptors (Lipinski definition) is 4. The van der Waals surface area contributed by atoms with Crippen molar-refractivity contribution in [1.29, 1.82) is 0 Å². The van der Waals surface area contributed by atoms with Gasteiger partial charge in [-0.05, 0) is 60.7 Å². The fraction of sp³-hybridized carbons (Fsp3) is 0. The Morgan fingerprint density at radius 3 is 1.26 bits per heavy atom. The molecule has 5 aromatic carbocycles. The van der Waals surface area contributed by atoms with Crippen LogP contribution in [0.4, 0.5) is 0 Å². The molecule has 182 valence electrons. The molecule has 2 heterocycles. The molecule has 0 atom stereocenters. The summed E-state index contributed by atoms with van der Waals surface area (Å²) in [5.41, 5.74) is 6.41. The van der Waals surface area contributed by atoms with E-state index in [1.807, 2.05) is 91.0 Å². The number of aromatic hydroxyl groups is 2. The molecule has 0 spiro atoms. The monoisotopic (exact) mass is 494 g/mol. The number of aromatic nitrogens is 4. The minimum Gasteiger partial charge on any atom is -0.507 e. The van der Waals surface area contributed by atoms with Crippen LogP contribution in [-0.4, -0.2) is 29.3 Å². The summed E-state index contributed by atoms with van der Waals surface area (Å²) in [5, 5.41) is 21.4. The standard InChI is InChI=1S/C32H22N4O2/c37-29-17-9-7-15-23(29)31-33-25-19-26-28(20-27(25)35(31)21-11-3-1-4-12-21)36(22-13-5-2-6-14-22)32(34-26)24-16-8-10-18-30(24)38/h1-20,37-38H. The van der Waals surface area contributed by atoms with E-state index in [0.29, 0.717) is 22.8 Å². The number of nitrogens with zero attached hydrogens (tertiary/aromatic N) is 4. The maximum absolute atomic E-state index is 10.7. The molecule has 0 fully saturated rings. The molecule has 38 heavy (non-hydrogen) atoms. The van der Waals surface area contributed by atoms with Crippen molar-refractivity contribution in [2.45, 2.75) is 0 Å². The minimum absolute atomic E-state index is 0.165. The van der Waals surface area contributed by atoms with Crippen LogP contribution in [0.3, 0.4) is 0 Å². The molecule has 0 aliphatic heterocycles. The smallest absolute Gasteiger partial charge is 0.149 e. The summed E-state index contributed by atoms with van der Waals surface area (Å²) in [6.45, 7) is 0. The first kappa shape index (κ1) is 21.9. The summed E-state index contributed by atoms with van der Waals surface area (Å²) in [6, 6.07) is 38.5. The second-order valence-electron chi connectivity index (χ2n) is 9.08. The fourth-order valence-corrected chi connectivity index (χ4v) is 5.01. The van der Waals surface area contributed by atoms with Gasteiger partial charge in [0.15, 0.2) is 0 Å². The number of rotatable bonds is 4. The van der Waals surface area contributed by atoms with Crippen LogP contribution in [0.5, 0.6) is 11.5 Å². The molecule has 0 aliphatic carbocycles. The van der Waals surface area contributed by atoms with Crippen molar-refractivity contribution >= 4 is 22.1 Å². The van der Waals surface area contributed by atoms with Gasteiger partial charge in [-0.1, -0.05) is 60.7 Å². The zero-order valence-electron chi connectivity index (χ0n) is 20.2. The SMILES string of the molecule is Oc1ccccc1-c1nc2cc3nc(-c4ccccc4O)n(-c4ccccc4)c3cc2n1-c1ccccc1. The maximum Gasteiger partial charge on any atom is 0.149 e. The average molecular weight is 495 g/mol. The van der Waals surface area contributed by atoms with Gasteiger partial charge in [-0.3, -0.25) is 9.13 Å². The van der Waals surface area contributed by atoms with Gasteiger partial charge in [-0.2, -0.15) is 0 Å². The molecule has 0 saturated carbocycles. The third kappa shape index (κ3) is 3.43. The van der Waals surface area contributed by atoms with Crippen LogP contribution in [0.1, 0.15) is 0 Å². The van der Waals surface area contributed by atoms with Crippen molar-refractivity contribution in [3.8, 4) is 45.6 Å². The van der Waals surface area contributed by atoms with Crippen molar-refractivity contribution in [2.24, 2.45) is 0 Å². The van der Waals surface area contributed by atoms with Crippen molar-refractivity contribution < 1.29 is 10.2 Å². The van der Waals surface area contributed by atoms with Crippen LogP contribution in [0.25, 0.3) is 56.2 Å². The van der Waals surface area contributed by atoms with Gasteiger partial charge < -0.3 is 10.2 Å². The van der Waals surface area contributed by atoms with Crippen molar-refractivity contribution in [2.75, 3.05) is 0 Å². The van der Waals surface area contributed by atoms with Gasteiger partial charge in [0.2, 0.25) is 0 Å². The molecular weight excluding hydrogens is 472 g/mol. The number of para-hydroxylation sites is 4. The normalized spacial score (nSPS) is 11.4. The van der Waals surface area contributed by atoms with Gasteiger partial charge in [-0.25, -0.2) is 9.97 Å². The number of benzene rings is 5. The lowest BCUT2D eigenvalue weighted by Crippen LogP contribution is -1.99. The van der Waals surface area contributed by atoms with E-state index >= 15 is 0 Å². The van der Waals surface area contributed by atoms with Gasteiger partial charge in [0.05, 0.1) is 33.2 Å². The van der Waals surface area contributed by atoms with E-state index in [2.05, 4.69) is 15.2 Å². The van der Waals surface area contributed by atoms with E-state index in [-0.39, 0.29) is 11.5 Å². The highest BCUT2D eigenvalue weighted by Crippen LogP contribution is 2.38.